The van der Waals surface area contributed by atoms with E-state index in [4.69, 9.17) is 0 Å². The lowest BCUT2D eigenvalue weighted by Gasteiger charge is -2.34. The Hall–Kier alpha value is -2.17. The van der Waals surface area contributed by atoms with Gasteiger partial charge in [-0.25, -0.2) is 4.79 Å². The molecule has 0 saturated carbocycles. The molecule has 0 unspecified atom stereocenters. The molecule has 0 aliphatic carbocycles. The highest BCUT2D eigenvalue weighted by molar-refractivity contribution is 6.22. The number of amides is 4. The standard InChI is InChI=1S/C15H18N2O3/c1-10(2)8-9-15(11-6-4-3-5-7-11)12(18)16-14(20)17-13(15)19/h3-7,10H,8-9H2,1-2H3,(H2,16,17,18,19,20). The van der Waals surface area contributed by atoms with Crippen molar-refractivity contribution in [2.75, 3.05) is 0 Å². The number of barbiturate groups is 1. The fourth-order valence-corrected chi connectivity index (χ4v) is 2.42. The van der Waals surface area contributed by atoms with E-state index in [9.17, 15) is 14.4 Å². The van der Waals surface area contributed by atoms with Crippen molar-refractivity contribution in [1.29, 1.82) is 0 Å². The van der Waals surface area contributed by atoms with E-state index in [1.54, 1.807) is 24.3 Å². The first kappa shape index (κ1) is 14.2. The largest absolute Gasteiger partial charge is 0.328 e. The molecule has 0 bridgehead atoms. The molecule has 1 aliphatic rings. The van der Waals surface area contributed by atoms with E-state index in [0.717, 1.165) is 0 Å². The molecular formula is C15H18N2O3. The molecule has 106 valence electrons. The number of hydrogen-bond donors (Lipinski definition) is 2. The van der Waals surface area contributed by atoms with Gasteiger partial charge in [0.1, 0.15) is 0 Å². The van der Waals surface area contributed by atoms with Crippen LogP contribution in [0.1, 0.15) is 32.3 Å². The molecule has 1 aromatic carbocycles. The highest BCUT2D eigenvalue weighted by Gasteiger charge is 2.51. The van der Waals surface area contributed by atoms with Crippen molar-refractivity contribution < 1.29 is 14.4 Å². The first-order valence-corrected chi connectivity index (χ1v) is 6.69. The van der Waals surface area contributed by atoms with Gasteiger partial charge in [-0.1, -0.05) is 44.2 Å². The summed E-state index contributed by atoms with van der Waals surface area (Å²) in [6, 6.07) is 8.12. The van der Waals surface area contributed by atoms with Gasteiger partial charge in [0.25, 0.3) is 0 Å². The van der Waals surface area contributed by atoms with Crippen molar-refractivity contribution in [2.45, 2.75) is 32.1 Å². The molecule has 0 spiro atoms. The molecule has 1 heterocycles. The predicted octanol–water partition coefficient (Wildman–Crippen LogP) is 1.73. The Morgan fingerprint density at radius 2 is 1.55 bits per heavy atom. The van der Waals surface area contributed by atoms with E-state index in [0.29, 0.717) is 24.3 Å². The van der Waals surface area contributed by atoms with E-state index < -0.39 is 23.3 Å². The normalized spacial score (nSPS) is 17.9. The van der Waals surface area contributed by atoms with Gasteiger partial charge in [0, 0.05) is 0 Å². The SMILES string of the molecule is CC(C)CCC1(c2ccccc2)C(=O)NC(=O)NC1=O. The lowest BCUT2D eigenvalue weighted by atomic mass is 9.73. The molecule has 0 radical (unpaired) electrons. The van der Waals surface area contributed by atoms with Gasteiger partial charge >= 0.3 is 6.03 Å². The number of urea groups is 1. The number of carbonyl (C=O) groups is 3. The van der Waals surface area contributed by atoms with Gasteiger partial charge in [-0.2, -0.15) is 0 Å². The Bertz CT molecular complexity index is 517. The van der Waals surface area contributed by atoms with Crippen LogP contribution in [0.15, 0.2) is 30.3 Å². The first-order chi connectivity index (χ1) is 9.46. The average molecular weight is 274 g/mol. The molecule has 1 aliphatic heterocycles. The lowest BCUT2D eigenvalue weighted by molar-refractivity contribution is -0.139. The first-order valence-electron chi connectivity index (χ1n) is 6.69. The minimum atomic E-state index is -1.32. The van der Waals surface area contributed by atoms with Crippen LogP contribution in [0.25, 0.3) is 0 Å². The fraction of sp³-hybridized carbons (Fsp3) is 0.400. The lowest BCUT2D eigenvalue weighted by Crippen LogP contribution is -2.64. The summed E-state index contributed by atoms with van der Waals surface area (Å²) in [5.74, 6) is -0.731. The molecule has 1 fully saturated rings. The van der Waals surface area contributed by atoms with E-state index >= 15 is 0 Å². The highest BCUT2D eigenvalue weighted by Crippen LogP contribution is 2.33. The summed E-state index contributed by atoms with van der Waals surface area (Å²) in [6.07, 6.45) is 1.09. The van der Waals surface area contributed by atoms with E-state index in [2.05, 4.69) is 10.6 Å². The van der Waals surface area contributed by atoms with Crippen molar-refractivity contribution in [2.24, 2.45) is 5.92 Å². The third-order valence-electron chi connectivity index (χ3n) is 3.59. The second-order valence-corrected chi connectivity index (χ2v) is 5.44. The van der Waals surface area contributed by atoms with E-state index in [-0.39, 0.29) is 0 Å². The maximum atomic E-state index is 12.4. The van der Waals surface area contributed by atoms with Crippen LogP contribution in [0.2, 0.25) is 0 Å². The van der Waals surface area contributed by atoms with Crippen LogP contribution in [0.3, 0.4) is 0 Å². The minimum Gasteiger partial charge on any atom is -0.277 e. The number of nitrogens with one attached hydrogen (secondary N) is 2. The molecule has 2 rings (SSSR count). The Morgan fingerprint density at radius 3 is 2.05 bits per heavy atom. The average Bonchev–Trinajstić information content (AvgIpc) is 2.39. The molecule has 5 nitrogen and oxygen atoms in total. The zero-order chi connectivity index (χ0) is 14.8. The molecule has 2 N–H and O–H groups in total. The predicted molar refractivity (Wildman–Crippen MR) is 73.9 cm³/mol. The molecular weight excluding hydrogens is 256 g/mol. The molecule has 1 saturated heterocycles. The quantitative estimate of drug-likeness (QED) is 0.821. The van der Waals surface area contributed by atoms with E-state index in [1.807, 2.05) is 19.9 Å². The zero-order valence-corrected chi connectivity index (χ0v) is 11.6. The van der Waals surface area contributed by atoms with Gasteiger partial charge in [-0.05, 0) is 24.3 Å². The summed E-state index contributed by atoms with van der Waals surface area (Å²) in [7, 11) is 0. The number of carbonyl (C=O) groups excluding carboxylic acids is 3. The van der Waals surface area contributed by atoms with Crippen LogP contribution >= 0.6 is 0 Å². The molecule has 20 heavy (non-hydrogen) atoms. The summed E-state index contributed by atoms with van der Waals surface area (Å²) in [5.41, 5.74) is -0.706. The smallest absolute Gasteiger partial charge is 0.277 e. The summed E-state index contributed by atoms with van der Waals surface area (Å²) in [4.78, 5) is 36.0. The monoisotopic (exact) mass is 274 g/mol. The van der Waals surface area contributed by atoms with Crippen LogP contribution in [-0.4, -0.2) is 17.8 Å². The summed E-state index contributed by atoms with van der Waals surface area (Å²) in [5, 5.41) is 4.43. The topological polar surface area (TPSA) is 75.3 Å². The van der Waals surface area contributed by atoms with Gasteiger partial charge in [0.05, 0.1) is 0 Å². The molecule has 4 amide bonds. The van der Waals surface area contributed by atoms with Gasteiger partial charge in [0.2, 0.25) is 11.8 Å². The van der Waals surface area contributed by atoms with Crippen molar-refractivity contribution in [3.63, 3.8) is 0 Å². The summed E-state index contributed by atoms with van der Waals surface area (Å²) < 4.78 is 0. The van der Waals surface area contributed by atoms with Crippen LogP contribution in [0.4, 0.5) is 4.79 Å². The molecule has 5 heteroatoms. The van der Waals surface area contributed by atoms with Crippen molar-refractivity contribution >= 4 is 17.8 Å². The summed E-state index contributed by atoms with van der Waals surface area (Å²) in [6.45, 7) is 4.06. The Balaban J connectivity index is 2.46. The van der Waals surface area contributed by atoms with Gasteiger partial charge in [-0.15, -0.1) is 0 Å². The van der Waals surface area contributed by atoms with Crippen molar-refractivity contribution in [3.05, 3.63) is 35.9 Å². The number of rotatable bonds is 4. The molecule has 0 atom stereocenters. The Morgan fingerprint density at radius 1 is 1.00 bits per heavy atom. The van der Waals surface area contributed by atoms with Crippen LogP contribution in [-0.2, 0) is 15.0 Å². The fourth-order valence-electron chi connectivity index (χ4n) is 2.42. The van der Waals surface area contributed by atoms with Gasteiger partial charge in [0.15, 0.2) is 5.41 Å². The maximum Gasteiger partial charge on any atom is 0.328 e. The van der Waals surface area contributed by atoms with Gasteiger partial charge in [-0.3, -0.25) is 20.2 Å². The number of imide groups is 2. The van der Waals surface area contributed by atoms with Crippen molar-refractivity contribution in [3.8, 4) is 0 Å². The molecule has 0 aromatic heterocycles. The second-order valence-electron chi connectivity index (χ2n) is 5.44. The summed E-state index contributed by atoms with van der Waals surface area (Å²) >= 11 is 0. The zero-order valence-electron chi connectivity index (χ0n) is 11.6. The van der Waals surface area contributed by atoms with Gasteiger partial charge < -0.3 is 0 Å². The highest BCUT2D eigenvalue weighted by atomic mass is 16.2. The number of benzene rings is 1. The maximum absolute atomic E-state index is 12.4. The third-order valence-corrected chi connectivity index (χ3v) is 3.59. The minimum absolute atomic E-state index is 0.355. The number of hydrogen-bond acceptors (Lipinski definition) is 3. The van der Waals surface area contributed by atoms with Crippen molar-refractivity contribution in [1.82, 2.24) is 10.6 Å². The Labute approximate surface area is 117 Å². The van der Waals surface area contributed by atoms with Crippen LogP contribution in [0, 0.1) is 5.92 Å². The van der Waals surface area contributed by atoms with Crippen LogP contribution in [0.5, 0.6) is 0 Å². The van der Waals surface area contributed by atoms with E-state index in [1.165, 1.54) is 0 Å². The molecule has 1 aromatic rings. The third kappa shape index (κ3) is 2.43. The Kier molecular flexibility index (Phi) is 3.88. The second kappa shape index (κ2) is 5.45. The van der Waals surface area contributed by atoms with Crippen LogP contribution < -0.4 is 10.6 Å².